The fraction of sp³-hybridized carbons (Fsp3) is 0.286. The van der Waals surface area contributed by atoms with E-state index in [1.165, 1.54) is 44.2 Å². The van der Waals surface area contributed by atoms with E-state index in [9.17, 15) is 39.2 Å². The molecule has 0 aliphatic rings. The second kappa shape index (κ2) is 12.7. The molecule has 0 unspecified atom stereocenters. The van der Waals surface area contributed by atoms with Crippen LogP contribution < -0.4 is 44.9 Å². The smallest absolute Gasteiger partial charge is 0.336 e. The van der Waals surface area contributed by atoms with Crippen molar-refractivity contribution < 1.29 is 68.7 Å². The van der Waals surface area contributed by atoms with Gasteiger partial charge in [0.15, 0.2) is 0 Å². The molecule has 2 aromatic rings. The van der Waals surface area contributed by atoms with Crippen LogP contribution in [0.2, 0.25) is 0 Å². The largest absolute Gasteiger partial charge is 1.00 e. The standard InChI is InChI=1S/C21H27N3O9S3.Na/c1-13(2)22-21(25)23-17-9-7-15(19(11-17)35(28,29)30)5-6-16-8-10-18(12-20(16)36(31,32)33)24-34(26,27)14(3)4;/h5-14,24H,1-4H3,(H2,22,23,25)(H,28,29,30)(H,31,32,33);/q;+1/b6-5+;. The molecule has 2 rings (SSSR count). The molecule has 0 aliphatic heterocycles. The molecular formula is C21H27N3NaO9S3+. The molecule has 0 atom stereocenters. The maximum atomic E-state index is 12.1. The molecule has 16 heteroatoms. The molecule has 5 N–H and O–H groups in total. The zero-order chi connectivity index (χ0) is 27.5. The normalized spacial score (nSPS) is 12.4. The van der Waals surface area contributed by atoms with E-state index in [1.807, 2.05) is 0 Å². The summed E-state index contributed by atoms with van der Waals surface area (Å²) in [4.78, 5) is 10.7. The van der Waals surface area contributed by atoms with Gasteiger partial charge in [-0.1, -0.05) is 24.3 Å². The van der Waals surface area contributed by atoms with E-state index in [0.29, 0.717) is 0 Å². The fourth-order valence-corrected chi connectivity index (χ4v) is 4.93. The predicted molar refractivity (Wildman–Crippen MR) is 136 cm³/mol. The van der Waals surface area contributed by atoms with Crippen molar-refractivity contribution >= 4 is 59.8 Å². The topological polar surface area (TPSA) is 196 Å². The van der Waals surface area contributed by atoms with Gasteiger partial charge in [0.05, 0.1) is 5.25 Å². The Kier molecular flexibility index (Phi) is 11.4. The van der Waals surface area contributed by atoms with Gasteiger partial charge in [-0.3, -0.25) is 13.8 Å². The number of rotatable bonds is 9. The summed E-state index contributed by atoms with van der Waals surface area (Å²) in [6.45, 7) is 6.30. The van der Waals surface area contributed by atoms with E-state index < -0.39 is 51.3 Å². The average molecular weight is 585 g/mol. The summed E-state index contributed by atoms with van der Waals surface area (Å²) >= 11 is 0. The summed E-state index contributed by atoms with van der Waals surface area (Å²) in [6.07, 6.45) is 2.33. The summed E-state index contributed by atoms with van der Waals surface area (Å²) in [6, 6.07) is 6.25. The van der Waals surface area contributed by atoms with Crippen molar-refractivity contribution in [1.82, 2.24) is 5.32 Å². The van der Waals surface area contributed by atoms with Gasteiger partial charge < -0.3 is 10.6 Å². The van der Waals surface area contributed by atoms with Crippen molar-refractivity contribution in [3.63, 3.8) is 0 Å². The number of benzene rings is 2. The van der Waals surface area contributed by atoms with Gasteiger partial charge in [0.2, 0.25) is 10.0 Å². The maximum Gasteiger partial charge on any atom is 1.00 e. The summed E-state index contributed by atoms with van der Waals surface area (Å²) in [5, 5.41) is 4.18. The Morgan fingerprint density at radius 3 is 1.62 bits per heavy atom. The second-order valence-electron chi connectivity index (χ2n) is 8.24. The Morgan fingerprint density at radius 1 is 0.784 bits per heavy atom. The first-order valence-electron chi connectivity index (χ1n) is 10.4. The van der Waals surface area contributed by atoms with E-state index in [-0.39, 0.29) is 58.1 Å². The molecule has 0 saturated heterocycles. The number of sulfonamides is 1. The number of carbonyl (C=O) groups excluding carboxylic acids is 1. The third kappa shape index (κ3) is 9.68. The van der Waals surface area contributed by atoms with Crippen LogP contribution in [0.1, 0.15) is 38.8 Å². The molecule has 0 spiro atoms. The minimum Gasteiger partial charge on any atom is -0.336 e. The van der Waals surface area contributed by atoms with E-state index in [0.717, 1.165) is 18.2 Å². The summed E-state index contributed by atoms with van der Waals surface area (Å²) in [7, 11) is -13.4. The van der Waals surface area contributed by atoms with E-state index in [2.05, 4.69) is 15.4 Å². The van der Waals surface area contributed by atoms with Gasteiger partial charge in [0.1, 0.15) is 9.79 Å². The summed E-state index contributed by atoms with van der Waals surface area (Å²) in [5.41, 5.74) is -0.191. The number of anilines is 2. The number of urea groups is 1. The predicted octanol–water partition coefficient (Wildman–Crippen LogP) is 0.0344. The Bertz CT molecular complexity index is 1500. The summed E-state index contributed by atoms with van der Waals surface area (Å²) < 4.78 is 93.4. The molecule has 12 nitrogen and oxygen atoms in total. The van der Waals surface area contributed by atoms with Gasteiger partial charge in [-0.05, 0) is 63.1 Å². The average Bonchev–Trinajstić information content (AvgIpc) is 2.71. The van der Waals surface area contributed by atoms with Crippen LogP contribution >= 0.6 is 0 Å². The van der Waals surface area contributed by atoms with E-state index >= 15 is 0 Å². The molecule has 0 bridgehead atoms. The SMILES string of the molecule is CC(C)NC(=O)Nc1ccc(/C=C/c2ccc(NS(=O)(=O)C(C)C)cc2S(=O)(=O)O)c(S(=O)(=O)O)c1.[Na+]. The van der Waals surface area contributed by atoms with Crippen LogP contribution in [0.3, 0.4) is 0 Å². The quantitative estimate of drug-likeness (QED) is 0.153. The zero-order valence-electron chi connectivity index (χ0n) is 20.8. The zero-order valence-corrected chi connectivity index (χ0v) is 25.2. The molecule has 0 radical (unpaired) electrons. The number of amides is 2. The third-order valence-electron chi connectivity index (χ3n) is 4.58. The molecule has 0 saturated carbocycles. The Morgan fingerprint density at radius 2 is 1.22 bits per heavy atom. The van der Waals surface area contributed by atoms with Gasteiger partial charge in [0.25, 0.3) is 20.2 Å². The number of hydrogen-bond donors (Lipinski definition) is 5. The Labute approximate surface area is 238 Å². The van der Waals surface area contributed by atoms with Crippen LogP contribution in [-0.2, 0) is 30.3 Å². The number of carbonyl (C=O) groups is 1. The van der Waals surface area contributed by atoms with Gasteiger partial charge in [-0.15, -0.1) is 0 Å². The van der Waals surface area contributed by atoms with E-state index in [4.69, 9.17) is 0 Å². The van der Waals surface area contributed by atoms with Crippen molar-refractivity contribution in [2.24, 2.45) is 0 Å². The molecule has 2 amide bonds. The van der Waals surface area contributed by atoms with Gasteiger partial charge in [-0.2, -0.15) is 16.8 Å². The van der Waals surface area contributed by atoms with Crippen molar-refractivity contribution in [3.8, 4) is 0 Å². The first-order valence-corrected chi connectivity index (χ1v) is 14.8. The van der Waals surface area contributed by atoms with Gasteiger partial charge in [0, 0.05) is 17.4 Å². The number of nitrogens with one attached hydrogen (secondary N) is 3. The second-order valence-corrected chi connectivity index (χ2v) is 13.3. The Hall–Kier alpha value is -1.98. The van der Waals surface area contributed by atoms with Crippen LogP contribution in [0.25, 0.3) is 12.2 Å². The van der Waals surface area contributed by atoms with Gasteiger partial charge >= 0.3 is 35.6 Å². The van der Waals surface area contributed by atoms with Crippen molar-refractivity contribution in [3.05, 3.63) is 47.5 Å². The van der Waals surface area contributed by atoms with E-state index in [1.54, 1.807) is 13.8 Å². The molecule has 0 aromatic heterocycles. The van der Waals surface area contributed by atoms with Crippen LogP contribution in [0.5, 0.6) is 0 Å². The minimum atomic E-state index is -4.81. The fourth-order valence-electron chi connectivity index (χ4n) is 2.82. The monoisotopic (exact) mass is 584 g/mol. The third-order valence-corrected chi connectivity index (χ3v) is 8.16. The maximum absolute atomic E-state index is 12.1. The molecule has 37 heavy (non-hydrogen) atoms. The van der Waals surface area contributed by atoms with Crippen molar-refractivity contribution in [2.75, 3.05) is 10.0 Å². The number of hydrogen-bond acceptors (Lipinski definition) is 7. The molecule has 198 valence electrons. The van der Waals surface area contributed by atoms with Gasteiger partial charge in [-0.25, -0.2) is 13.2 Å². The van der Waals surface area contributed by atoms with Crippen LogP contribution in [0.15, 0.2) is 46.2 Å². The first-order chi connectivity index (χ1) is 16.4. The Balaban J connectivity index is 0.00000684. The van der Waals surface area contributed by atoms with Crippen molar-refractivity contribution in [1.29, 1.82) is 0 Å². The molecule has 0 fully saturated rings. The molecule has 2 aromatic carbocycles. The molecule has 0 heterocycles. The van der Waals surface area contributed by atoms with Crippen LogP contribution in [-0.4, -0.2) is 51.7 Å². The summed E-state index contributed by atoms with van der Waals surface area (Å²) in [5.74, 6) is 0. The molecular weight excluding hydrogens is 557 g/mol. The minimum absolute atomic E-state index is 0. The molecule has 0 aliphatic carbocycles. The van der Waals surface area contributed by atoms with Crippen LogP contribution in [0, 0.1) is 0 Å². The first kappa shape index (κ1) is 33.0. The van der Waals surface area contributed by atoms with Crippen molar-refractivity contribution in [2.45, 2.75) is 48.8 Å². The van der Waals surface area contributed by atoms with Crippen LogP contribution in [0.4, 0.5) is 16.2 Å².